The lowest BCUT2D eigenvalue weighted by Crippen LogP contribution is -2.21. The molecule has 3 heteroatoms. The van der Waals surface area contributed by atoms with Crippen LogP contribution >= 0.6 is 0 Å². The Hall–Kier alpha value is -1.16. The van der Waals surface area contributed by atoms with Gasteiger partial charge in [-0.15, -0.1) is 6.58 Å². The quantitative estimate of drug-likeness (QED) is 0.687. The SMILES string of the molecule is C=CC(O)C[C@H](O)COCc1ccccc1. The Morgan fingerprint density at radius 1 is 1.25 bits per heavy atom. The van der Waals surface area contributed by atoms with E-state index in [9.17, 15) is 10.2 Å². The van der Waals surface area contributed by atoms with Crippen molar-refractivity contribution in [2.45, 2.75) is 25.2 Å². The fraction of sp³-hybridized carbons (Fsp3) is 0.385. The van der Waals surface area contributed by atoms with Crippen LogP contribution in [0.4, 0.5) is 0 Å². The van der Waals surface area contributed by atoms with E-state index in [4.69, 9.17) is 4.74 Å². The van der Waals surface area contributed by atoms with Crippen molar-refractivity contribution < 1.29 is 14.9 Å². The van der Waals surface area contributed by atoms with Gasteiger partial charge < -0.3 is 14.9 Å². The summed E-state index contributed by atoms with van der Waals surface area (Å²) in [5, 5.41) is 18.7. The lowest BCUT2D eigenvalue weighted by atomic mass is 10.1. The molecule has 0 fully saturated rings. The Morgan fingerprint density at radius 2 is 1.94 bits per heavy atom. The fourth-order valence-electron chi connectivity index (χ4n) is 1.33. The van der Waals surface area contributed by atoms with Gasteiger partial charge in [-0.1, -0.05) is 36.4 Å². The predicted molar refractivity (Wildman–Crippen MR) is 62.9 cm³/mol. The fourth-order valence-corrected chi connectivity index (χ4v) is 1.33. The van der Waals surface area contributed by atoms with Crippen molar-refractivity contribution in [1.82, 2.24) is 0 Å². The van der Waals surface area contributed by atoms with E-state index in [1.807, 2.05) is 30.3 Å². The van der Waals surface area contributed by atoms with Gasteiger partial charge in [0.1, 0.15) is 0 Å². The number of aliphatic hydroxyl groups excluding tert-OH is 2. The van der Waals surface area contributed by atoms with Gasteiger partial charge in [0.05, 0.1) is 25.4 Å². The van der Waals surface area contributed by atoms with Crippen LogP contribution in [0.5, 0.6) is 0 Å². The minimum atomic E-state index is -0.671. The average Bonchev–Trinajstić information content (AvgIpc) is 2.30. The molecular weight excluding hydrogens is 204 g/mol. The van der Waals surface area contributed by atoms with Crippen LogP contribution in [0, 0.1) is 0 Å². The molecule has 0 amide bonds. The zero-order chi connectivity index (χ0) is 11.8. The largest absolute Gasteiger partial charge is 0.391 e. The molecule has 0 saturated heterocycles. The average molecular weight is 222 g/mol. The molecule has 0 bridgehead atoms. The first kappa shape index (κ1) is 12.9. The van der Waals surface area contributed by atoms with Crippen LogP contribution in [0.3, 0.4) is 0 Å². The zero-order valence-electron chi connectivity index (χ0n) is 9.25. The van der Waals surface area contributed by atoms with Crippen LogP contribution in [0.25, 0.3) is 0 Å². The lowest BCUT2D eigenvalue weighted by Gasteiger charge is -2.13. The third-order valence-electron chi connectivity index (χ3n) is 2.21. The summed E-state index contributed by atoms with van der Waals surface area (Å²) >= 11 is 0. The second kappa shape index (κ2) is 7.17. The molecular formula is C13H18O3. The van der Waals surface area contributed by atoms with E-state index in [0.29, 0.717) is 6.61 Å². The molecule has 1 rings (SSSR count). The van der Waals surface area contributed by atoms with Crippen LogP contribution < -0.4 is 0 Å². The van der Waals surface area contributed by atoms with Gasteiger partial charge in [0.2, 0.25) is 0 Å². The van der Waals surface area contributed by atoms with Gasteiger partial charge in [0, 0.05) is 6.42 Å². The van der Waals surface area contributed by atoms with Crippen molar-refractivity contribution >= 4 is 0 Å². The minimum absolute atomic E-state index is 0.222. The molecule has 1 aromatic rings. The minimum Gasteiger partial charge on any atom is -0.391 e. The van der Waals surface area contributed by atoms with E-state index in [1.165, 1.54) is 6.08 Å². The number of benzene rings is 1. The van der Waals surface area contributed by atoms with Crippen LogP contribution in [0.2, 0.25) is 0 Å². The Balaban J connectivity index is 2.18. The first-order valence-electron chi connectivity index (χ1n) is 5.32. The van der Waals surface area contributed by atoms with Gasteiger partial charge in [0.15, 0.2) is 0 Å². The molecule has 0 aliphatic heterocycles. The standard InChI is InChI=1S/C13H18O3/c1-2-12(14)8-13(15)10-16-9-11-6-4-3-5-7-11/h2-7,12-15H,1,8-10H2/t12?,13-/m0/s1. The summed E-state index contributed by atoms with van der Waals surface area (Å²) in [4.78, 5) is 0. The maximum absolute atomic E-state index is 9.50. The monoisotopic (exact) mass is 222 g/mol. The van der Waals surface area contributed by atoms with Crippen LogP contribution in [0.1, 0.15) is 12.0 Å². The van der Waals surface area contributed by atoms with Crippen molar-refractivity contribution in [1.29, 1.82) is 0 Å². The third-order valence-corrected chi connectivity index (χ3v) is 2.21. The third kappa shape index (κ3) is 5.07. The van der Waals surface area contributed by atoms with Gasteiger partial charge >= 0.3 is 0 Å². The highest BCUT2D eigenvalue weighted by Crippen LogP contribution is 2.04. The molecule has 0 aliphatic carbocycles. The molecule has 88 valence electrons. The van der Waals surface area contributed by atoms with Crippen LogP contribution in [0.15, 0.2) is 43.0 Å². The van der Waals surface area contributed by atoms with Crippen LogP contribution in [-0.2, 0) is 11.3 Å². The van der Waals surface area contributed by atoms with Crippen molar-refractivity contribution in [2.24, 2.45) is 0 Å². The van der Waals surface area contributed by atoms with Gasteiger partial charge in [-0.2, -0.15) is 0 Å². The Labute approximate surface area is 96.0 Å². The highest BCUT2D eigenvalue weighted by Gasteiger charge is 2.08. The molecule has 0 aliphatic rings. The van der Waals surface area contributed by atoms with Gasteiger partial charge in [0.25, 0.3) is 0 Å². The molecule has 0 radical (unpaired) electrons. The molecule has 0 saturated carbocycles. The van der Waals surface area contributed by atoms with Crippen molar-refractivity contribution in [3.63, 3.8) is 0 Å². The van der Waals surface area contributed by atoms with Crippen molar-refractivity contribution in [3.8, 4) is 0 Å². The molecule has 16 heavy (non-hydrogen) atoms. The van der Waals surface area contributed by atoms with Crippen molar-refractivity contribution in [3.05, 3.63) is 48.6 Å². The van der Waals surface area contributed by atoms with Gasteiger partial charge in [-0.25, -0.2) is 0 Å². The Kier molecular flexibility index (Phi) is 5.78. The van der Waals surface area contributed by atoms with Gasteiger partial charge in [-0.05, 0) is 5.56 Å². The van der Waals surface area contributed by atoms with E-state index in [0.717, 1.165) is 5.56 Å². The molecule has 1 aromatic carbocycles. The summed E-state index contributed by atoms with van der Waals surface area (Å²) in [7, 11) is 0. The normalized spacial score (nSPS) is 14.4. The van der Waals surface area contributed by atoms with Gasteiger partial charge in [-0.3, -0.25) is 0 Å². The van der Waals surface area contributed by atoms with E-state index in [2.05, 4.69) is 6.58 Å². The number of aliphatic hydroxyl groups is 2. The summed E-state index contributed by atoms with van der Waals surface area (Å²) in [6, 6.07) is 9.75. The molecule has 0 spiro atoms. The van der Waals surface area contributed by atoms with Crippen molar-refractivity contribution in [2.75, 3.05) is 6.61 Å². The topological polar surface area (TPSA) is 49.7 Å². The molecule has 0 aromatic heterocycles. The second-order valence-corrected chi connectivity index (χ2v) is 3.69. The highest BCUT2D eigenvalue weighted by atomic mass is 16.5. The molecule has 1 unspecified atom stereocenters. The smallest absolute Gasteiger partial charge is 0.0801 e. The Morgan fingerprint density at radius 3 is 2.56 bits per heavy atom. The predicted octanol–water partition coefficient (Wildman–Crippen LogP) is 1.50. The van der Waals surface area contributed by atoms with E-state index >= 15 is 0 Å². The maximum Gasteiger partial charge on any atom is 0.0801 e. The zero-order valence-corrected chi connectivity index (χ0v) is 9.25. The molecule has 2 atom stereocenters. The van der Waals surface area contributed by atoms with E-state index < -0.39 is 12.2 Å². The van der Waals surface area contributed by atoms with E-state index in [1.54, 1.807) is 0 Å². The maximum atomic E-state index is 9.50. The first-order valence-corrected chi connectivity index (χ1v) is 5.32. The second-order valence-electron chi connectivity index (χ2n) is 3.69. The highest BCUT2D eigenvalue weighted by molar-refractivity contribution is 5.13. The first-order chi connectivity index (χ1) is 7.72. The number of hydrogen-bond donors (Lipinski definition) is 2. The summed E-state index contributed by atoms with van der Waals surface area (Å²) in [5.74, 6) is 0. The van der Waals surface area contributed by atoms with E-state index in [-0.39, 0.29) is 13.0 Å². The lowest BCUT2D eigenvalue weighted by molar-refractivity contribution is 0.00844. The summed E-state index contributed by atoms with van der Waals surface area (Å²) < 4.78 is 5.33. The molecule has 0 heterocycles. The number of rotatable bonds is 7. The summed E-state index contributed by atoms with van der Waals surface area (Å²) in [6.07, 6.45) is 0.339. The van der Waals surface area contributed by atoms with Crippen LogP contribution in [-0.4, -0.2) is 29.0 Å². The summed E-state index contributed by atoms with van der Waals surface area (Å²) in [5.41, 5.74) is 1.07. The molecule has 3 nitrogen and oxygen atoms in total. The number of ether oxygens (including phenoxy) is 1. The number of hydrogen-bond acceptors (Lipinski definition) is 3. The summed E-state index contributed by atoms with van der Waals surface area (Å²) in [6.45, 7) is 4.14. The molecule has 2 N–H and O–H groups in total. The Bertz CT molecular complexity index is 297.